The molecule has 0 saturated heterocycles. The van der Waals surface area contributed by atoms with Gasteiger partial charge in [-0.1, -0.05) is 18.2 Å². The number of hydrogen-bond acceptors (Lipinski definition) is 2. The number of carboxylic acid groups (broad SMARTS) is 1. The van der Waals surface area contributed by atoms with E-state index < -0.39 is 5.97 Å². The van der Waals surface area contributed by atoms with E-state index >= 15 is 0 Å². The summed E-state index contributed by atoms with van der Waals surface area (Å²) in [5.41, 5.74) is 7.65. The van der Waals surface area contributed by atoms with Gasteiger partial charge >= 0.3 is 5.97 Å². The molecule has 0 spiro atoms. The molecular formula is C11H13NO2. The average Bonchev–Trinajstić information content (AvgIpc) is 2.16. The molecule has 0 radical (unpaired) electrons. The molecule has 0 fully saturated rings. The van der Waals surface area contributed by atoms with Crippen LogP contribution in [0.3, 0.4) is 0 Å². The van der Waals surface area contributed by atoms with Gasteiger partial charge in [0.15, 0.2) is 0 Å². The smallest absolute Gasteiger partial charge is 0.330 e. The minimum Gasteiger partial charge on any atom is -0.478 e. The first-order valence-electron chi connectivity index (χ1n) is 4.34. The lowest BCUT2D eigenvalue weighted by molar-refractivity contribution is -0.132. The van der Waals surface area contributed by atoms with Crippen molar-refractivity contribution in [1.29, 1.82) is 0 Å². The number of hydrogen-bond donors (Lipinski definition) is 2. The number of aliphatic carboxylic acids is 1. The van der Waals surface area contributed by atoms with Crippen molar-refractivity contribution >= 4 is 11.7 Å². The lowest BCUT2D eigenvalue weighted by Crippen LogP contribution is -1.96. The van der Waals surface area contributed by atoms with Crippen LogP contribution in [0.1, 0.15) is 12.5 Å². The second kappa shape index (κ2) is 4.46. The molecule has 0 heterocycles. The highest BCUT2D eigenvalue weighted by Gasteiger charge is 1.98. The Morgan fingerprint density at radius 2 is 2.00 bits per heavy atom. The quantitative estimate of drug-likeness (QED) is 0.566. The van der Waals surface area contributed by atoms with E-state index in [2.05, 4.69) is 0 Å². The number of nitrogens with two attached hydrogens (primary N) is 1. The van der Waals surface area contributed by atoms with Crippen molar-refractivity contribution in [3.05, 3.63) is 41.5 Å². The summed E-state index contributed by atoms with van der Waals surface area (Å²) in [5, 5.41) is 8.62. The zero-order chi connectivity index (χ0) is 10.6. The summed E-state index contributed by atoms with van der Waals surface area (Å²) < 4.78 is 0. The molecule has 3 N–H and O–H groups in total. The van der Waals surface area contributed by atoms with Crippen molar-refractivity contribution in [2.45, 2.75) is 13.3 Å². The van der Waals surface area contributed by atoms with Gasteiger partial charge in [-0.3, -0.25) is 0 Å². The highest BCUT2D eigenvalue weighted by Crippen LogP contribution is 2.07. The van der Waals surface area contributed by atoms with E-state index in [0.717, 1.165) is 5.56 Å². The van der Waals surface area contributed by atoms with E-state index in [9.17, 15) is 4.79 Å². The van der Waals surface area contributed by atoms with Crippen LogP contribution in [0.2, 0.25) is 0 Å². The summed E-state index contributed by atoms with van der Waals surface area (Å²) in [5.74, 6) is -0.875. The Bertz CT molecular complexity index is 352. The average molecular weight is 191 g/mol. The third-order valence-corrected chi connectivity index (χ3v) is 1.96. The molecule has 1 aromatic carbocycles. The summed E-state index contributed by atoms with van der Waals surface area (Å²) in [6.45, 7) is 1.58. The van der Waals surface area contributed by atoms with Gasteiger partial charge in [-0.25, -0.2) is 4.79 Å². The maximum Gasteiger partial charge on any atom is 0.330 e. The van der Waals surface area contributed by atoms with Crippen molar-refractivity contribution < 1.29 is 9.90 Å². The van der Waals surface area contributed by atoms with E-state index in [0.29, 0.717) is 17.7 Å². The molecule has 0 saturated carbocycles. The van der Waals surface area contributed by atoms with Crippen molar-refractivity contribution in [2.24, 2.45) is 0 Å². The fourth-order valence-electron chi connectivity index (χ4n) is 1.01. The Labute approximate surface area is 82.9 Å². The summed E-state index contributed by atoms with van der Waals surface area (Å²) in [6, 6.07) is 7.39. The molecule has 3 heteroatoms. The van der Waals surface area contributed by atoms with Crippen molar-refractivity contribution in [2.75, 3.05) is 5.73 Å². The summed E-state index contributed by atoms with van der Waals surface area (Å²) in [6.07, 6.45) is 2.31. The van der Waals surface area contributed by atoms with Crippen LogP contribution in [-0.2, 0) is 11.2 Å². The van der Waals surface area contributed by atoms with Crippen molar-refractivity contribution in [3.8, 4) is 0 Å². The molecular weight excluding hydrogens is 178 g/mol. The van der Waals surface area contributed by atoms with E-state index in [1.165, 1.54) is 0 Å². The molecule has 0 aliphatic rings. The number of carboxylic acids is 1. The first kappa shape index (κ1) is 10.3. The summed E-state index contributed by atoms with van der Waals surface area (Å²) in [7, 11) is 0. The van der Waals surface area contributed by atoms with Gasteiger partial charge in [-0.05, 0) is 31.0 Å². The van der Waals surface area contributed by atoms with E-state index in [1.54, 1.807) is 25.1 Å². The van der Waals surface area contributed by atoms with Crippen LogP contribution in [0, 0.1) is 0 Å². The highest BCUT2D eigenvalue weighted by molar-refractivity contribution is 5.85. The zero-order valence-electron chi connectivity index (χ0n) is 8.03. The molecule has 1 rings (SSSR count). The summed E-state index contributed by atoms with van der Waals surface area (Å²) >= 11 is 0. The van der Waals surface area contributed by atoms with Gasteiger partial charge in [0, 0.05) is 11.3 Å². The molecule has 0 aliphatic heterocycles. The van der Waals surface area contributed by atoms with Crippen LogP contribution in [0.5, 0.6) is 0 Å². The van der Waals surface area contributed by atoms with Gasteiger partial charge in [0.2, 0.25) is 0 Å². The third kappa shape index (κ3) is 2.94. The van der Waals surface area contributed by atoms with E-state index in [1.807, 2.05) is 12.1 Å². The van der Waals surface area contributed by atoms with Crippen LogP contribution in [0.15, 0.2) is 35.9 Å². The lowest BCUT2D eigenvalue weighted by atomic mass is 10.1. The summed E-state index contributed by atoms with van der Waals surface area (Å²) in [4.78, 5) is 10.5. The molecule has 3 nitrogen and oxygen atoms in total. The molecule has 0 amide bonds. The van der Waals surface area contributed by atoms with Crippen LogP contribution >= 0.6 is 0 Å². The van der Waals surface area contributed by atoms with E-state index in [-0.39, 0.29) is 0 Å². The van der Waals surface area contributed by atoms with Gasteiger partial charge < -0.3 is 10.8 Å². The second-order valence-electron chi connectivity index (χ2n) is 3.14. The first-order valence-corrected chi connectivity index (χ1v) is 4.34. The van der Waals surface area contributed by atoms with Gasteiger partial charge in [0.1, 0.15) is 0 Å². The molecule has 0 aromatic heterocycles. The number of benzene rings is 1. The number of nitrogen functional groups attached to an aromatic ring is 1. The topological polar surface area (TPSA) is 63.3 Å². The van der Waals surface area contributed by atoms with Gasteiger partial charge in [0.25, 0.3) is 0 Å². The van der Waals surface area contributed by atoms with E-state index in [4.69, 9.17) is 10.8 Å². The molecule has 1 aromatic rings. The van der Waals surface area contributed by atoms with Crippen molar-refractivity contribution in [1.82, 2.24) is 0 Å². The molecule has 0 bridgehead atoms. The monoisotopic (exact) mass is 191 g/mol. The Hall–Kier alpha value is -1.77. The van der Waals surface area contributed by atoms with Crippen LogP contribution < -0.4 is 5.73 Å². The van der Waals surface area contributed by atoms with Crippen molar-refractivity contribution in [3.63, 3.8) is 0 Å². The minimum atomic E-state index is -0.875. The third-order valence-electron chi connectivity index (χ3n) is 1.96. The Balaban J connectivity index is 2.66. The van der Waals surface area contributed by atoms with Crippen LogP contribution in [-0.4, -0.2) is 11.1 Å². The molecule has 0 atom stereocenters. The maximum absolute atomic E-state index is 10.5. The molecule has 0 unspecified atom stereocenters. The molecule has 14 heavy (non-hydrogen) atoms. The lowest BCUT2D eigenvalue weighted by Gasteiger charge is -1.98. The first-order chi connectivity index (χ1) is 6.59. The van der Waals surface area contributed by atoms with Crippen LogP contribution in [0.4, 0.5) is 5.69 Å². The van der Waals surface area contributed by atoms with Gasteiger partial charge in [-0.15, -0.1) is 0 Å². The highest BCUT2D eigenvalue weighted by atomic mass is 16.4. The Morgan fingerprint density at radius 1 is 1.43 bits per heavy atom. The minimum absolute atomic E-state index is 0.363. The Morgan fingerprint density at radius 3 is 2.50 bits per heavy atom. The molecule has 0 aliphatic carbocycles. The largest absolute Gasteiger partial charge is 0.478 e. The standard InChI is InChI=1S/C11H13NO2/c1-8(11(13)14)2-3-9-4-6-10(12)7-5-9/h2,4-7H,3,12H2,1H3,(H,13,14). The number of rotatable bonds is 3. The second-order valence-corrected chi connectivity index (χ2v) is 3.14. The molecule has 74 valence electrons. The van der Waals surface area contributed by atoms with Gasteiger partial charge in [-0.2, -0.15) is 0 Å². The predicted octanol–water partition coefficient (Wildman–Crippen LogP) is 1.84. The number of carbonyl (C=O) groups is 1. The SMILES string of the molecule is CC(=CCc1ccc(N)cc1)C(=O)O. The Kier molecular flexibility index (Phi) is 3.29. The van der Waals surface area contributed by atoms with Gasteiger partial charge in [0.05, 0.1) is 0 Å². The fourth-order valence-corrected chi connectivity index (χ4v) is 1.01. The number of allylic oxidation sites excluding steroid dienone is 1. The predicted molar refractivity (Wildman–Crippen MR) is 56.0 cm³/mol. The fraction of sp³-hybridized carbons (Fsp3) is 0.182. The maximum atomic E-state index is 10.5. The van der Waals surface area contributed by atoms with Crippen LogP contribution in [0.25, 0.3) is 0 Å². The number of anilines is 1. The normalized spacial score (nSPS) is 11.4. The zero-order valence-corrected chi connectivity index (χ0v) is 8.03.